The molecule has 1 heterocycles. The first kappa shape index (κ1) is 17.3. The van der Waals surface area contributed by atoms with Crippen LogP contribution >= 0.6 is 12.4 Å². The Hall–Kier alpha value is -1.06. The first-order chi connectivity index (χ1) is 10.3. The van der Waals surface area contributed by atoms with Crippen LogP contribution in [-0.2, 0) is 12.8 Å². The highest BCUT2D eigenvalue weighted by Crippen LogP contribution is 2.24. The van der Waals surface area contributed by atoms with Gasteiger partial charge in [-0.15, -0.1) is 12.4 Å². The number of amides is 1. The Balaban J connectivity index is 0.00000176. The van der Waals surface area contributed by atoms with Crippen LogP contribution in [0.4, 0.5) is 0 Å². The number of nitrogens with zero attached hydrogens (tertiary/aromatic N) is 1. The lowest BCUT2D eigenvalue weighted by atomic mass is 10.0. The van der Waals surface area contributed by atoms with Crippen LogP contribution in [0.3, 0.4) is 0 Å². The Morgan fingerprint density at radius 2 is 1.95 bits per heavy atom. The third-order valence-electron chi connectivity index (χ3n) is 4.82. The zero-order valence-electron chi connectivity index (χ0n) is 13.4. The SMILES string of the molecule is CCCN(C(=O)c1ccc2c(c1)CCC2)C1CCNCC1.Cl. The maximum Gasteiger partial charge on any atom is 0.254 e. The van der Waals surface area contributed by atoms with Crippen molar-refractivity contribution in [3.05, 3.63) is 34.9 Å². The number of carbonyl (C=O) groups is 1. The maximum atomic E-state index is 12.9. The van der Waals surface area contributed by atoms with E-state index in [0.29, 0.717) is 6.04 Å². The summed E-state index contributed by atoms with van der Waals surface area (Å²) in [6.07, 6.45) is 6.74. The number of benzene rings is 1. The summed E-state index contributed by atoms with van der Waals surface area (Å²) in [5.41, 5.74) is 3.72. The molecule has 1 aromatic rings. The molecule has 0 saturated carbocycles. The number of hydrogen-bond donors (Lipinski definition) is 1. The van der Waals surface area contributed by atoms with E-state index in [-0.39, 0.29) is 18.3 Å². The Kier molecular flexibility index (Phi) is 6.27. The van der Waals surface area contributed by atoms with Crippen LogP contribution in [0.15, 0.2) is 18.2 Å². The third kappa shape index (κ3) is 3.64. The molecule has 0 aromatic heterocycles. The number of rotatable bonds is 4. The summed E-state index contributed by atoms with van der Waals surface area (Å²) in [4.78, 5) is 15.1. The zero-order valence-corrected chi connectivity index (χ0v) is 14.3. The molecule has 3 nitrogen and oxygen atoms in total. The van der Waals surface area contributed by atoms with Crippen LogP contribution < -0.4 is 5.32 Å². The maximum absolute atomic E-state index is 12.9. The van der Waals surface area contributed by atoms with Gasteiger partial charge in [-0.3, -0.25) is 4.79 Å². The molecule has 22 heavy (non-hydrogen) atoms. The van der Waals surface area contributed by atoms with Gasteiger partial charge in [-0.1, -0.05) is 13.0 Å². The minimum atomic E-state index is 0. The summed E-state index contributed by atoms with van der Waals surface area (Å²) in [7, 11) is 0. The largest absolute Gasteiger partial charge is 0.336 e. The van der Waals surface area contributed by atoms with Gasteiger partial charge in [0.2, 0.25) is 0 Å². The highest BCUT2D eigenvalue weighted by Gasteiger charge is 2.26. The van der Waals surface area contributed by atoms with Gasteiger partial charge in [0.05, 0.1) is 0 Å². The molecule has 1 N–H and O–H groups in total. The second kappa shape index (κ2) is 7.98. The molecule has 1 aliphatic heterocycles. The summed E-state index contributed by atoms with van der Waals surface area (Å²) in [6.45, 7) is 5.09. The van der Waals surface area contributed by atoms with Crippen LogP contribution in [0.25, 0.3) is 0 Å². The van der Waals surface area contributed by atoms with Gasteiger partial charge in [-0.25, -0.2) is 0 Å². The van der Waals surface area contributed by atoms with Crippen molar-refractivity contribution in [1.82, 2.24) is 10.2 Å². The molecule has 4 heteroatoms. The number of carbonyl (C=O) groups excluding carboxylic acids is 1. The van der Waals surface area contributed by atoms with E-state index < -0.39 is 0 Å². The van der Waals surface area contributed by atoms with Crippen LogP contribution in [0.2, 0.25) is 0 Å². The lowest BCUT2D eigenvalue weighted by Gasteiger charge is -2.34. The number of nitrogens with one attached hydrogen (secondary N) is 1. The van der Waals surface area contributed by atoms with Crippen molar-refractivity contribution in [2.24, 2.45) is 0 Å². The monoisotopic (exact) mass is 322 g/mol. The Labute approximate surface area is 139 Å². The van der Waals surface area contributed by atoms with Crippen LogP contribution in [0.5, 0.6) is 0 Å². The number of fused-ring (bicyclic) bond motifs is 1. The molecule has 1 fully saturated rings. The number of hydrogen-bond acceptors (Lipinski definition) is 2. The fourth-order valence-corrected chi connectivity index (χ4v) is 3.68. The first-order valence-corrected chi connectivity index (χ1v) is 8.43. The summed E-state index contributed by atoms with van der Waals surface area (Å²) in [5, 5.41) is 3.39. The fraction of sp³-hybridized carbons (Fsp3) is 0.611. The molecule has 0 unspecified atom stereocenters. The summed E-state index contributed by atoms with van der Waals surface area (Å²) in [5.74, 6) is 0.235. The van der Waals surface area contributed by atoms with E-state index >= 15 is 0 Å². The smallest absolute Gasteiger partial charge is 0.254 e. The summed E-state index contributed by atoms with van der Waals surface area (Å²) in [6, 6.07) is 6.76. The van der Waals surface area contributed by atoms with Gasteiger partial charge in [0.25, 0.3) is 5.91 Å². The molecular weight excluding hydrogens is 296 g/mol. The molecule has 0 spiro atoms. The second-order valence-corrected chi connectivity index (χ2v) is 6.32. The van der Waals surface area contributed by atoms with E-state index in [4.69, 9.17) is 0 Å². The van der Waals surface area contributed by atoms with E-state index in [1.807, 2.05) is 6.07 Å². The van der Waals surface area contributed by atoms with Gasteiger partial charge in [0, 0.05) is 18.2 Å². The molecule has 0 atom stereocenters. The average molecular weight is 323 g/mol. The van der Waals surface area contributed by atoms with E-state index in [2.05, 4.69) is 29.3 Å². The van der Waals surface area contributed by atoms with Crippen molar-refractivity contribution < 1.29 is 4.79 Å². The molecule has 1 aromatic carbocycles. The standard InChI is InChI=1S/C18H26N2O.ClH/c1-2-12-20(17-8-10-19-11-9-17)18(21)16-7-6-14-4-3-5-15(14)13-16;/h6-7,13,17,19H,2-5,8-12H2,1H3;1H. The molecule has 1 saturated heterocycles. The van der Waals surface area contributed by atoms with Gasteiger partial charge in [0.1, 0.15) is 0 Å². The molecule has 2 aliphatic rings. The van der Waals surface area contributed by atoms with Crippen molar-refractivity contribution in [2.75, 3.05) is 19.6 Å². The third-order valence-corrected chi connectivity index (χ3v) is 4.82. The van der Waals surface area contributed by atoms with Crippen molar-refractivity contribution in [1.29, 1.82) is 0 Å². The number of halogens is 1. The fourth-order valence-electron chi connectivity index (χ4n) is 3.68. The van der Waals surface area contributed by atoms with Gasteiger partial charge in [-0.2, -0.15) is 0 Å². The second-order valence-electron chi connectivity index (χ2n) is 6.32. The molecule has 0 radical (unpaired) electrons. The molecule has 122 valence electrons. The normalized spacial score (nSPS) is 17.7. The number of piperidine rings is 1. The van der Waals surface area contributed by atoms with E-state index in [1.165, 1.54) is 24.0 Å². The predicted octanol–water partition coefficient (Wildman–Crippen LogP) is 3.20. The van der Waals surface area contributed by atoms with Crippen LogP contribution in [0, 0.1) is 0 Å². The zero-order chi connectivity index (χ0) is 14.7. The van der Waals surface area contributed by atoms with Gasteiger partial charge < -0.3 is 10.2 Å². The van der Waals surface area contributed by atoms with Gasteiger partial charge >= 0.3 is 0 Å². The molecule has 3 rings (SSSR count). The topological polar surface area (TPSA) is 32.3 Å². The molecule has 0 bridgehead atoms. The van der Waals surface area contributed by atoms with Gasteiger partial charge in [-0.05, 0) is 74.9 Å². The first-order valence-electron chi connectivity index (χ1n) is 8.43. The lowest BCUT2D eigenvalue weighted by Crippen LogP contribution is -2.46. The Morgan fingerprint density at radius 1 is 1.23 bits per heavy atom. The molecule has 1 aliphatic carbocycles. The molecule has 1 amide bonds. The summed E-state index contributed by atoms with van der Waals surface area (Å²) >= 11 is 0. The van der Waals surface area contributed by atoms with E-state index in [1.54, 1.807) is 0 Å². The van der Waals surface area contributed by atoms with Crippen molar-refractivity contribution in [3.8, 4) is 0 Å². The average Bonchev–Trinajstić information content (AvgIpc) is 3.00. The quantitative estimate of drug-likeness (QED) is 0.923. The number of aryl methyl sites for hydroxylation is 2. The van der Waals surface area contributed by atoms with Gasteiger partial charge in [0.15, 0.2) is 0 Å². The lowest BCUT2D eigenvalue weighted by molar-refractivity contribution is 0.0642. The highest BCUT2D eigenvalue weighted by molar-refractivity contribution is 5.94. The van der Waals surface area contributed by atoms with Crippen LogP contribution in [-0.4, -0.2) is 36.5 Å². The summed E-state index contributed by atoms with van der Waals surface area (Å²) < 4.78 is 0. The van der Waals surface area contributed by atoms with E-state index in [9.17, 15) is 4.79 Å². The van der Waals surface area contributed by atoms with E-state index in [0.717, 1.165) is 50.9 Å². The Bertz CT molecular complexity index is 512. The Morgan fingerprint density at radius 3 is 2.68 bits per heavy atom. The highest BCUT2D eigenvalue weighted by atomic mass is 35.5. The molecular formula is C18H27ClN2O. The van der Waals surface area contributed by atoms with Crippen molar-refractivity contribution >= 4 is 18.3 Å². The minimum Gasteiger partial charge on any atom is -0.336 e. The predicted molar refractivity (Wildman–Crippen MR) is 92.9 cm³/mol. The van der Waals surface area contributed by atoms with Crippen molar-refractivity contribution in [3.63, 3.8) is 0 Å². The van der Waals surface area contributed by atoms with Crippen LogP contribution in [0.1, 0.15) is 54.1 Å². The van der Waals surface area contributed by atoms with Crippen molar-refractivity contribution in [2.45, 2.75) is 51.5 Å². The minimum absolute atomic E-state index is 0.